The number of aromatic nitrogens is 3. The Hall–Kier alpha value is -2.89. The van der Waals surface area contributed by atoms with Crippen molar-refractivity contribution in [2.45, 2.75) is 12.7 Å². The monoisotopic (exact) mass is 392 g/mol. The zero-order chi connectivity index (χ0) is 19.3. The van der Waals surface area contributed by atoms with Gasteiger partial charge in [-0.15, -0.1) is 0 Å². The number of anilines is 1. The Kier molecular flexibility index (Phi) is 5.97. The molecule has 0 spiro atoms. The predicted octanol–water partition coefficient (Wildman–Crippen LogP) is 2.09. The molecule has 0 aromatic carbocycles. The van der Waals surface area contributed by atoms with Crippen LogP contribution in [0.2, 0.25) is 5.02 Å². The molecule has 0 bridgehead atoms. The summed E-state index contributed by atoms with van der Waals surface area (Å²) in [5.41, 5.74) is -0.963. The van der Waals surface area contributed by atoms with E-state index in [9.17, 15) is 28.1 Å². The topological polar surface area (TPSA) is 115 Å². The van der Waals surface area contributed by atoms with Crippen molar-refractivity contribution >= 4 is 29.1 Å². The molecule has 140 valence electrons. The molecule has 26 heavy (non-hydrogen) atoms. The van der Waals surface area contributed by atoms with E-state index in [1.165, 1.54) is 6.20 Å². The molecule has 1 amide bonds. The third-order valence-corrected chi connectivity index (χ3v) is 3.32. The lowest BCUT2D eigenvalue weighted by molar-refractivity contribution is -0.389. The second kappa shape index (κ2) is 7.99. The lowest BCUT2D eigenvalue weighted by Gasteiger charge is -2.11. The van der Waals surface area contributed by atoms with Crippen LogP contribution >= 0.6 is 11.6 Å². The second-order valence-corrected chi connectivity index (χ2v) is 5.36. The number of pyridine rings is 1. The van der Waals surface area contributed by atoms with E-state index in [2.05, 4.69) is 20.7 Å². The summed E-state index contributed by atoms with van der Waals surface area (Å²) in [6.45, 7) is 0.0669. The molecule has 0 fully saturated rings. The average Bonchev–Trinajstić information content (AvgIpc) is 3.00. The number of hydrogen-bond acceptors (Lipinski definition) is 6. The molecule has 0 saturated carbocycles. The summed E-state index contributed by atoms with van der Waals surface area (Å²) in [7, 11) is 0. The lowest BCUT2D eigenvalue weighted by atomic mass is 10.3. The summed E-state index contributed by atoms with van der Waals surface area (Å²) in [5.74, 6) is -0.768. The molecule has 0 unspecified atom stereocenters. The quantitative estimate of drug-likeness (QED) is 0.423. The van der Waals surface area contributed by atoms with E-state index in [1.54, 1.807) is 0 Å². The van der Waals surface area contributed by atoms with Crippen LogP contribution in [0, 0.1) is 10.1 Å². The maximum atomic E-state index is 12.5. The Balaban J connectivity index is 1.77. The Morgan fingerprint density at radius 1 is 1.38 bits per heavy atom. The predicted molar refractivity (Wildman–Crippen MR) is 84.6 cm³/mol. The Labute approximate surface area is 149 Å². The fraction of sp³-hybridized carbons (Fsp3) is 0.308. The van der Waals surface area contributed by atoms with Crippen molar-refractivity contribution < 1.29 is 22.9 Å². The third-order valence-electron chi connectivity index (χ3n) is 3.03. The van der Waals surface area contributed by atoms with Gasteiger partial charge in [-0.1, -0.05) is 11.6 Å². The molecule has 0 atom stereocenters. The average molecular weight is 393 g/mol. The van der Waals surface area contributed by atoms with Crippen molar-refractivity contribution in [3.63, 3.8) is 0 Å². The first-order chi connectivity index (χ1) is 12.2. The van der Waals surface area contributed by atoms with Crippen LogP contribution < -0.4 is 10.6 Å². The lowest BCUT2D eigenvalue weighted by Crippen LogP contribution is -2.32. The van der Waals surface area contributed by atoms with Gasteiger partial charge in [0.1, 0.15) is 12.4 Å². The van der Waals surface area contributed by atoms with Gasteiger partial charge >= 0.3 is 12.0 Å². The van der Waals surface area contributed by atoms with Gasteiger partial charge in [0.05, 0.1) is 27.9 Å². The first kappa shape index (κ1) is 19.4. The number of rotatable bonds is 7. The van der Waals surface area contributed by atoms with Crippen molar-refractivity contribution in [2.24, 2.45) is 0 Å². The standard InChI is InChI=1S/C13H12ClF3N6O3/c14-9-5-8(13(15,16)17)6-20-12(9)19-3-2-18-11(24)7-22-4-1-10(21-22)23(25)26/h1,4-6H,2-3,7H2,(H,18,24)(H,19,20). The molecular weight excluding hydrogens is 381 g/mol. The molecular formula is C13H12ClF3N6O3. The highest BCUT2D eigenvalue weighted by Gasteiger charge is 2.31. The summed E-state index contributed by atoms with van der Waals surface area (Å²) < 4.78 is 38.6. The number of hydrogen-bond donors (Lipinski definition) is 2. The van der Waals surface area contributed by atoms with Crippen molar-refractivity contribution in [3.05, 3.63) is 45.2 Å². The van der Waals surface area contributed by atoms with Gasteiger partial charge < -0.3 is 20.7 Å². The van der Waals surface area contributed by atoms with Crippen molar-refractivity contribution in [1.29, 1.82) is 0 Å². The summed E-state index contributed by atoms with van der Waals surface area (Å²) >= 11 is 5.73. The number of alkyl halides is 3. The Bertz CT molecular complexity index is 811. The van der Waals surface area contributed by atoms with Crippen molar-refractivity contribution in [1.82, 2.24) is 20.1 Å². The molecule has 2 aromatic heterocycles. The number of amides is 1. The molecule has 0 saturated heterocycles. The van der Waals surface area contributed by atoms with E-state index in [4.69, 9.17) is 11.6 Å². The molecule has 0 aliphatic carbocycles. The third kappa shape index (κ3) is 5.31. The maximum Gasteiger partial charge on any atom is 0.417 e. The van der Waals surface area contributed by atoms with Gasteiger partial charge in [-0.3, -0.25) is 4.79 Å². The molecule has 9 nitrogen and oxygen atoms in total. The number of carbonyl (C=O) groups is 1. The van der Waals surface area contributed by atoms with Crippen LogP contribution in [-0.4, -0.2) is 38.7 Å². The van der Waals surface area contributed by atoms with Gasteiger partial charge in [-0.05, 0) is 11.0 Å². The first-order valence-electron chi connectivity index (χ1n) is 7.08. The van der Waals surface area contributed by atoms with Crippen molar-refractivity contribution in [3.8, 4) is 0 Å². The molecule has 0 aliphatic heterocycles. The van der Waals surface area contributed by atoms with Crippen LogP contribution in [0.25, 0.3) is 0 Å². The summed E-state index contributed by atoms with van der Waals surface area (Å²) in [6, 6.07) is 1.91. The molecule has 2 rings (SSSR count). The first-order valence-corrected chi connectivity index (χ1v) is 7.46. The van der Waals surface area contributed by atoms with Gasteiger partial charge in [-0.25, -0.2) is 4.98 Å². The number of nitrogens with one attached hydrogen (secondary N) is 2. The number of halogens is 4. The number of nitro groups is 1. The minimum absolute atomic E-state index is 0.0524. The zero-order valence-corrected chi connectivity index (χ0v) is 13.7. The van der Waals surface area contributed by atoms with E-state index in [-0.39, 0.29) is 36.3 Å². The normalized spacial score (nSPS) is 11.2. The molecule has 2 heterocycles. The number of nitrogens with zero attached hydrogens (tertiary/aromatic N) is 4. The van der Waals surface area contributed by atoms with Crippen LogP contribution in [-0.2, 0) is 17.5 Å². The molecule has 13 heteroatoms. The highest BCUT2D eigenvalue weighted by Crippen LogP contribution is 2.32. The largest absolute Gasteiger partial charge is 0.417 e. The van der Waals surface area contributed by atoms with Gasteiger partial charge in [-0.2, -0.15) is 17.9 Å². The summed E-state index contributed by atoms with van der Waals surface area (Å²) in [6.07, 6.45) is -2.59. The second-order valence-electron chi connectivity index (χ2n) is 4.96. The van der Waals surface area contributed by atoms with Crippen LogP contribution in [0.15, 0.2) is 24.5 Å². The fourth-order valence-corrected chi connectivity index (χ4v) is 2.08. The molecule has 2 aromatic rings. The van der Waals surface area contributed by atoms with E-state index in [0.717, 1.165) is 16.8 Å². The van der Waals surface area contributed by atoms with Crippen LogP contribution in [0.4, 0.5) is 24.8 Å². The van der Waals surface area contributed by atoms with E-state index in [0.29, 0.717) is 6.20 Å². The fourth-order valence-electron chi connectivity index (χ4n) is 1.85. The summed E-state index contributed by atoms with van der Waals surface area (Å²) in [4.78, 5) is 25.1. The maximum absolute atomic E-state index is 12.5. The van der Waals surface area contributed by atoms with Crippen molar-refractivity contribution in [2.75, 3.05) is 18.4 Å². The van der Waals surface area contributed by atoms with Gasteiger partial charge in [0, 0.05) is 19.3 Å². The van der Waals surface area contributed by atoms with Crippen LogP contribution in [0.3, 0.4) is 0 Å². The summed E-state index contributed by atoms with van der Waals surface area (Å²) in [5, 5.41) is 19.1. The highest BCUT2D eigenvalue weighted by molar-refractivity contribution is 6.32. The SMILES string of the molecule is O=C(Cn1ccc([N+](=O)[O-])n1)NCCNc1ncc(C(F)(F)F)cc1Cl. The smallest absolute Gasteiger partial charge is 0.367 e. The van der Waals surface area contributed by atoms with Crippen LogP contribution in [0.1, 0.15) is 5.56 Å². The molecule has 0 radical (unpaired) electrons. The Morgan fingerprint density at radius 3 is 2.69 bits per heavy atom. The minimum atomic E-state index is -4.54. The van der Waals surface area contributed by atoms with E-state index in [1.807, 2.05) is 0 Å². The van der Waals surface area contributed by atoms with Crippen LogP contribution in [0.5, 0.6) is 0 Å². The zero-order valence-electron chi connectivity index (χ0n) is 13.0. The van der Waals surface area contributed by atoms with E-state index >= 15 is 0 Å². The highest BCUT2D eigenvalue weighted by atomic mass is 35.5. The molecule has 0 aliphatic rings. The van der Waals surface area contributed by atoms with Gasteiger partial charge in [0.15, 0.2) is 0 Å². The number of carbonyl (C=O) groups excluding carboxylic acids is 1. The molecule has 2 N–H and O–H groups in total. The van der Waals surface area contributed by atoms with Gasteiger partial charge in [0.25, 0.3) is 0 Å². The minimum Gasteiger partial charge on any atom is -0.367 e. The van der Waals surface area contributed by atoms with Gasteiger partial charge in [0.2, 0.25) is 5.91 Å². The Morgan fingerprint density at radius 2 is 2.12 bits per heavy atom. The van der Waals surface area contributed by atoms with E-state index < -0.39 is 22.6 Å².